The molecule has 2 aromatic carbocycles. The summed E-state index contributed by atoms with van der Waals surface area (Å²) in [5.74, 6) is 0.643. The average molecular weight is 371 g/mol. The molecule has 5 nitrogen and oxygen atoms in total. The maximum atomic E-state index is 13.1. The monoisotopic (exact) mass is 370 g/mol. The molecular weight excluding hydrogens is 352 g/mol. The van der Waals surface area contributed by atoms with Crippen molar-refractivity contribution in [3.8, 4) is 5.75 Å². The second-order valence-electron chi connectivity index (χ2n) is 6.82. The number of likely N-dealkylation sites (tertiary alicyclic amines) is 1. The van der Waals surface area contributed by atoms with Crippen molar-refractivity contribution in [3.63, 3.8) is 0 Å². The molecule has 0 saturated carbocycles. The summed E-state index contributed by atoms with van der Waals surface area (Å²) in [7, 11) is 3.39. The van der Waals surface area contributed by atoms with Gasteiger partial charge in [-0.05, 0) is 48.4 Å². The number of ether oxygens (including phenoxy) is 1. The molecule has 2 aromatic rings. The van der Waals surface area contributed by atoms with Gasteiger partial charge >= 0.3 is 0 Å². The molecule has 0 bridgehead atoms. The lowest BCUT2D eigenvalue weighted by Gasteiger charge is -2.23. The topological polar surface area (TPSA) is 49.9 Å². The van der Waals surface area contributed by atoms with Crippen LogP contribution in [0.5, 0.6) is 5.75 Å². The lowest BCUT2D eigenvalue weighted by Crippen LogP contribution is -2.42. The normalized spacial score (nSPS) is 21.4. The summed E-state index contributed by atoms with van der Waals surface area (Å²) in [6, 6.07) is 12.6. The van der Waals surface area contributed by atoms with E-state index in [2.05, 4.69) is 0 Å². The van der Waals surface area contributed by atoms with Gasteiger partial charge in [0.15, 0.2) is 0 Å². The highest BCUT2D eigenvalue weighted by Gasteiger charge is 2.54. The van der Waals surface area contributed by atoms with E-state index >= 15 is 0 Å². The van der Waals surface area contributed by atoms with Crippen LogP contribution in [-0.2, 0) is 10.2 Å². The molecule has 2 amide bonds. The minimum Gasteiger partial charge on any atom is -0.497 e. The number of likely N-dealkylation sites (N-methyl/N-ethyl adjacent to an activating group) is 1. The molecule has 1 fully saturated rings. The Balaban J connectivity index is 1.69. The Labute approximate surface area is 157 Å². The van der Waals surface area contributed by atoms with E-state index in [9.17, 15) is 9.59 Å². The van der Waals surface area contributed by atoms with Crippen molar-refractivity contribution >= 4 is 29.1 Å². The largest absolute Gasteiger partial charge is 0.497 e. The minimum absolute atomic E-state index is 0.0298. The van der Waals surface area contributed by atoms with Crippen LogP contribution in [0.2, 0.25) is 5.02 Å². The number of anilines is 1. The number of carbonyl (C=O) groups excluding carboxylic acids is 2. The Morgan fingerprint density at radius 1 is 1.23 bits per heavy atom. The van der Waals surface area contributed by atoms with Crippen LogP contribution in [-0.4, -0.2) is 44.0 Å². The zero-order valence-electron chi connectivity index (χ0n) is 14.7. The van der Waals surface area contributed by atoms with E-state index in [1.165, 1.54) is 0 Å². The van der Waals surface area contributed by atoms with Crippen LogP contribution in [0.3, 0.4) is 0 Å². The predicted octanol–water partition coefficient (Wildman–Crippen LogP) is 3.11. The summed E-state index contributed by atoms with van der Waals surface area (Å²) in [6.07, 6.45) is 0.600. The van der Waals surface area contributed by atoms with Crippen LogP contribution in [0.25, 0.3) is 0 Å². The molecule has 1 saturated heterocycles. The number of carbonyl (C=O) groups is 2. The minimum atomic E-state index is -0.702. The first-order valence-electron chi connectivity index (χ1n) is 8.48. The molecule has 4 rings (SSSR count). The second kappa shape index (κ2) is 6.02. The Hall–Kier alpha value is -2.53. The maximum Gasteiger partial charge on any atom is 0.253 e. The van der Waals surface area contributed by atoms with E-state index in [0.717, 1.165) is 11.3 Å². The summed E-state index contributed by atoms with van der Waals surface area (Å²) < 4.78 is 5.34. The van der Waals surface area contributed by atoms with Crippen LogP contribution < -0.4 is 9.64 Å². The third-order valence-corrected chi connectivity index (χ3v) is 5.66. The Morgan fingerprint density at radius 2 is 2.04 bits per heavy atom. The van der Waals surface area contributed by atoms with Crippen LogP contribution in [0, 0.1) is 0 Å². The maximum absolute atomic E-state index is 13.1. The summed E-state index contributed by atoms with van der Waals surface area (Å²) in [4.78, 5) is 29.4. The van der Waals surface area contributed by atoms with Crippen LogP contribution in [0.4, 0.5) is 5.69 Å². The molecule has 26 heavy (non-hydrogen) atoms. The van der Waals surface area contributed by atoms with Crippen molar-refractivity contribution in [2.75, 3.05) is 32.1 Å². The lowest BCUT2D eigenvalue weighted by molar-refractivity contribution is -0.122. The van der Waals surface area contributed by atoms with Crippen molar-refractivity contribution in [1.82, 2.24) is 4.90 Å². The van der Waals surface area contributed by atoms with Gasteiger partial charge in [0, 0.05) is 36.4 Å². The molecule has 1 unspecified atom stereocenters. The molecule has 2 aliphatic rings. The van der Waals surface area contributed by atoms with Gasteiger partial charge in [-0.2, -0.15) is 0 Å². The van der Waals surface area contributed by atoms with E-state index in [-0.39, 0.29) is 11.8 Å². The molecule has 0 radical (unpaired) electrons. The third kappa shape index (κ3) is 2.38. The predicted molar refractivity (Wildman–Crippen MR) is 100 cm³/mol. The summed E-state index contributed by atoms with van der Waals surface area (Å²) >= 11 is 6.01. The van der Waals surface area contributed by atoms with Gasteiger partial charge in [0.25, 0.3) is 5.91 Å². The van der Waals surface area contributed by atoms with Crippen LogP contribution >= 0.6 is 11.6 Å². The first kappa shape index (κ1) is 16.9. The zero-order chi connectivity index (χ0) is 18.5. The lowest BCUT2D eigenvalue weighted by atomic mass is 9.81. The Morgan fingerprint density at radius 3 is 2.77 bits per heavy atom. The van der Waals surface area contributed by atoms with Crippen molar-refractivity contribution in [1.29, 1.82) is 0 Å². The number of hydrogen-bond donors (Lipinski definition) is 0. The third-order valence-electron chi connectivity index (χ3n) is 5.42. The highest BCUT2D eigenvalue weighted by Crippen LogP contribution is 2.48. The molecule has 0 N–H and O–H groups in total. The van der Waals surface area contributed by atoms with Crippen LogP contribution in [0.15, 0.2) is 42.5 Å². The quantitative estimate of drug-likeness (QED) is 0.816. The van der Waals surface area contributed by atoms with E-state index in [1.807, 2.05) is 18.2 Å². The molecule has 1 atom stereocenters. The van der Waals surface area contributed by atoms with Gasteiger partial charge in [-0.1, -0.05) is 17.7 Å². The second-order valence-corrected chi connectivity index (χ2v) is 7.25. The fourth-order valence-corrected chi connectivity index (χ4v) is 4.24. The van der Waals surface area contributed by atoms with Crippen molar-refractivity contribution in [2.24, 2.45) is 0 Å². The summed E-state index contributed by atoms with van der Waals surface area (Å²) in [5, 5.41) is 0.525. The van der Waals surface area contributed by atoms with E-state index in [1.54, 1.807) is 48.2 Å². The van der Waals surface area contributed by atoms with E-state index in [4.69, 9.17) is 16.3 Å². The van der Waals surface area contributed by atoms with Gasteiger partial charge in [0.2, 0.25) is 5.91 Å². The highest BCUT2D eigenvalue weighted by atomic mass is 35.5. The molecule has 0 aromatic heterocycles. The molecule has 6 heteroatoms. The molecule has 134 valence electrons. The van der Waals surface area contributed by atoms with Crippen molar-refractivity contribution in [2.45, 2.75) is 11.8 Å². The van der Waals surface area contributed by atoms with E-state index < -0.39 is 5.41 Å². The van der Waals surface area contributed by atoms with Crippen molar-refractivity contribution in [3.05, 3.63) is 58.6 Å². The van der Waals surface area contributed by atoms with Gasteiger partial charge < -0.3 is 14.5 Å². The molecular formula is C20H19ClN2O3. The average Bonchev–Trinajstić information content (AvgIpc) is 3.19. The molecule has 1 spiro atoms. The first-order chi connectivity index (χ1) is 12.5. The first-order valence-corrected chi connectivity index (χ1v) is 8.85. The van der Waals surface area contributed by atoms with E-state index in [0.29, 0.717) is 35.8 Å². The Bertz CT molecular complexity index is 914. The number of methoxy groups -OCH3 is 1. The molecule has 2 heterocycles. The molecule has 0 aliphatic carbocycles. The number of rotatable bonds is 2. The summed E-state index contributed by atoms with van der Waals surface area (Å²) in [6.45, 7) is 0.892. The van der Waals surface area contributed by atoms with Gasteiger partial charge in [-0.25, -0.2) is 0 Å². The van der Waals surface area contributed by atoms with Gasteiger partial charge in [-0.15, -0.1) is 0 Å². The number of fused-ring (bicyclic) bond motifs is 2. The fraction of sp³-hybridized carbons (Fsp3) is 0.300. The fourth-order valence-electron chi connectivity index (χ4n) is 4.05. The molecule has 2 aliphatic heterocycles. The number of benzene rings is 2. The number of nitrogens with zero attached hydrogens (tertiary/aromatic N) is 2. The van der Waals surface area contributed by atoms with Gasteiger partial charge in [-0.3, -0.25) is 9.59 Å². The standard InChI is InChI=1S/C20H19ClN2O3/c1-22-17-7-6-15(26-2)11-16(17)20(19(22)25)8-9-23(12-20)18(24)13-4-3-5-14(21)10-13/h3-7,10-11H,8-9,12H2,1-2H3. The van der Waals surface area contributed by atoms with Crippen molar-refractivity contribution < 1.29 is 14.3 Å². The number of amides is 2. The van der Waals surface area contributed by atoms with Gasteiger partial charge in [0.1, 0.15) is 5.75 Å². The van der Waals surface area contributed by atoms with Crippen LogP contribution in [0.1, 0.15) is 22.3 Å². The Kier molecular flexibility index (Phi) is 3.92. The SMILES string of the molecule is COc1ccc2c(c1)C1(CCN(C(=O)c3cccc(Cl)c3)C1)C(=O)N2C. The highest BCUT2D eigenvalue weighted by molar-refractivity contribution is 6.31. The summed E-state index contributed by atoms with van der Waals surface area (Å²) in [5.41, 5.74) is 1.66. The number of halogens is 1. The smallest absolute Gasteiger partial charge is 0.253 e. The van der Waals surface area contributed by atoms with Gasteiger partial charge in [0.05, 0.1) is 12.5 Å². The number of hydrogen-bond acceptors (Lipinski definition) is 3. The zero-order valence-corrected chi connectivity index (χ0v) is 15.4.